The van der Waals surface area contributed by atoms with Crippen LogP contribution in [0.1, 0.15) is 40.5 Å². The van der Waals surface area contributed by atoms with Gasteiger partial charge in [0.25, 0.3) is 0 Å². The lowest BCUT2D eigenvalue weighted by molar-refractivity contribution is -0.136. The summed E-state index contributed by atoms with van der Waals surface area (Å²) in [7, 11) is 0. The van der Waals surface area contributed by atoms with Crippen molar-refractivity contribution in [2.75, 3.05) is 13.1 Å². The Kier molecular flexibility index (Phi) is 3.77. The Labute approximate surface area is 93.0 Å². The van der Waals surface area contributed by atoms with Crippen LogP contribution < -0.4 is 5.73 Å². The van der Waals surface area contributed by atoms with Crippen LogP contribution in [0.3, 0.4) is 0 Å². The summed E-state index contributed by atoms with van der Waals surface area (Å²) in [6, 6.07) is -0.370. The van der Waals surface area contributed by atoms with E-state index in [1.807, 2.05) is 25.7 Å². The van der Waals surface area contributed by atoms with Gasteiger partial charge in [-0.3, -0.25) is 4.79 Å². The zero-order valence-electron chi connectivity index (χ0n) is 10.4. The van der Waals surface area contributed by atoms with Gasteiger partial charge in [-0.25, -0.2) is 0 Å². The topological polar surface area (TPSA) is 46.3 Å². The van der Waals surface area contributed by atoms with Crippen LogP contribution >= 0.6 is 0 Å². The highest BCUT2D eigenvalue weighted by atomic mass is 16.2. The SMILES string of the molecule is CC1CCN(C(=O)C(N)C(C)(C)C)CC1. The smallest absolute Gasteiger partial charge is 0.240 e. The fourth-order valence-corrected chi connectivity index (χ4v) is 1.80. The molecule has 1 amide bonds. The second kappa shape index (κ2) is 4.52. The number of piperidine rings is 1. The van der Waals surface area contributed by atoms with Gasteiger partial charge in [-0.2, -0.15) is 0 Å². The number of carbonyl (C=O) groups excluding carboxylic acids is 1. The summed E-state index contributed by atoms with van der Waals surface area (Å²) in [5, 5.41) is 0. The second-order valence-corrected chi connectivity index (χ2v) is 5.85. The predicted molar refractivity (Wildman–Crippen MR) is 62.4 cm³/mol. The maximum atomic E-state index is 12.1. The molecule has 2 N–H and O–H groups in total. The van der Waals surface area contributed by atoms with Gasteiger partial charge in [0.1, 0.15) is 0 Å². The van der Waals surface area contributed by atoms with Crippen LogP contribution in [-0.4, -0.2) is 29.9 Å². The lowest BCUT2D eigenvalue weighted by atomic mass is 9.86. The molecule has 1 aliphatic heterocycles. The molecule has 0 aromatic heterocycles. The Balaban J connectivity index is 2.54. The van der Waals surface area contributed by atoms with Crippen molar-refractivity contribution in [3.05, 3.63) is 0 Å². The molecule has 1 saturated heterocycles. The van der Waals surface area contributed by atoms with Crippen LogP contribution in [0, 0.1) is 11.3 Å². The molecule has 1 aliphatic rings. The van der Waals surface area contributed by atoms with E-state index in [4.69, 9.17) is 5.73 Å². The zero-order valence-corrected chi connectivity index (χ0v) is 10.4. The van der Waals surface area contributed by atoms with Gasteiger partial charge in [0.05, 0.1) is 6.04 Å². The van der Waals surface area contributed by atoms with Crippen molar-refractivity contribution in [3.63, 3.8) is 0 Å². The van der Waals surface area contributed by atoms with E-state index in [1.165, 1.54) is 0 Å². The van der Waals surface area contributed by atoms with Crippen molar-refractivity contribution in [1.29, 1.82) is 0 Å². The second-order valence-electron chi connectivity index (χ2n) is 5.85. The predicted octanol–water partition coefficient (Wildman–Crippen LogP) is 1.62. The summed E-state index contributed by atoms with van der Waals surface area (Å²) in [5.41, 5.74) is 5.83. The molecule has 1 atom stereocenters. The van der Waals surface area contributed by atoms with Gasteiger partial charge in [0.2, 0.25) is 5.91 Å². The van der Waals surface area contributed by atoms with Crippen LogP contribution in [0.5, 0.6) is 0 Å². The number of nitrogens with two attached hydrogens (primary N) is 1. The van der Waals surface area contributed by atoms with E-state index in [-0.39, 0.29) is 17.4 Å². The minimum atomic E-state index is -0.370. The maximum absolute atomic E-state index is 12.1. The number of likely N-dealkylation sites (tertiary alicyclic amines) is 1. The fraction of sp³-hybridized carbons (Fsp3) is 0.917. The minimum absolute atomic E-state index is 0.120. The molecule has 0 saturated carbocycles. The molecule has 3 heteroatoms. The Hall–Kier alpha value is -0.570. The molecule has 88 valence electrons. The molecule has 0 radical (unpaired) electrons. The number of hydrogen-bond acceptors (Lipinski definition) is 2. The molecule has 1 heterocycles. The zero-order chi connectivity index (χ0) is 11.6. The molecule has 1 fully saturated rings. The van der Waals surface area contributed by atoms with Crippen molar-refractivity contribution in [3.8, 4) is 0 Å². The minimum Gasteiger partial charge on any atom is -0.341 e. The molecular formula is C12H24N2O. The number of nitrogens with zero attached hydrogens (tertiary/aromatic N) is 1. The first kappa shape index (κ1) is 12.5. The van der Waals surface area contributed by atoms with Gasteiger partial charge in [-0.1, -0.05) is 27.7 Å². The summed E-state index contributed by atoms with van der Waals surface area (Å²) >= 11 is 0. The molecule has 15 heavy (non-hydrogen) atoms. The molecule has 1 unspecified atom stereocenters. The highest BCUT2D eigenvalue weighted by Crippen LogP contribution is 2.22. The average Bonchev–Trinajstić information content (AvgIpc) is 2.15. The third-order valence-corrected chi connectivity index (χ3v) is 3.29. The van der Waals surface area contributed by atoms with E-state index in [1.54, 1.807) is 0 Å². The highest BCUT2D eigenvalue weighted by molar-refractivity contribution is 5.82. The molecular weight excluding hydrogens is 188 g/mol. The van der Waals surface area contributed by atoms with E-state index >= 15 is 0 Å². The summed E-state index contributed by atoms with van der Waals surface area (Å²) in [4.78, 5) is 14.0. The van der Waals surface area contributed by atoms with Crippen molar-refractivity contribution in [2.45, 2.75) is 46.6 Å². The van der Waals surface area contributed by atoms with Crippen LogP contribution in [0.2, 0.25) is 0 Å². The molecule has 0 aromatic carbocycles. The third-order valence-electron chi connectivity index (χ3n) is 3.29. The van der Waals surface area contributed by atoms with Crippen molar-refractivity contribution in [2.24, 2.45) is 17.1 Å². The van der Waals surface area contributed by atoms with Gasteiger partial charge in [0.15, 0.2) is 0 Å². The molecule has 0 spiro atoms. The lowest BCUT2D eigenvalue weighted by Gasteiger charge is -2.35. The van der Waals surface area contributed by atoms with Gasteiger partial charge in [-0.05, 0) is 24.2 Å². The number of amides is 1. The Morgan fingerprint density at radius 1 is 1.33 bits per heavy atom. The van der Waals surface area contributed by atoms with Gasteiger partial charge >= 0.3 is 0 Å². The largest absolute Gasteiger partial charge is 0.341 e. The highest BCUT2D eigenvalue weighted by Gasteiger charge is 2.32. The third kappa shape index (κ3) is 3.20. The van der Waals surface area contributed by atoms with Crippen molar-refractivity contribution in [1.82, 2.24) is 4.90 Å². The quantitative estimate of drug-likeness (QED) is 0.718. The summed E-state index contributed by atoms with van der Waals surface area (Å²) in [5.74, 6) is 0.870. The van der Waals surface area contributed by atoms with Crippen LogP contribution in [-0.2, 0) is 4.79 Å². The van der Waals surface area contributed by atoms with E-state index in [0.29, 0.717) is 0 Å². The molecule has 0 bridgehead atoms. The van der Waals surface area contributed by atoms with Gasteiger partial charge in [0, 0.05) is 13.1 Å². The Morgan fingerprint density at radius 2 is 1.80 bits per heavy atom. The van der Waals surface area contributed by atoms with Crippen LogP contribution in [0.15, 0.2) is 0 Å². The van der Waals surface area contributed by atoms with E-state index in [9.17, 15) is 4.79 Å². The standard InChI is InChI=1S/C12H24N2O/c1-9-5-7-14(8-6-9)11(15)10(13)12(2,3)4/h9-10H,5-8,13H2,1-4H3. The number of hydrogen-bond donors (Lipinski definition) is 1. The van der Waals surface area contributed by atoms with Crippen LogP contribution in [0.4, 0.5) is 0 Å². The fourth-order valence-electron chi connectivity index (χ4n) is 1.80. The van der Waals surface area contributed by atoms with Crippen molar-refractivity contribution < 1.29 is 4.79 Å². The summed E-state index contributed by atoms with van der Waals surface area (Å²) in [6.07, 6.45) is 2.23. The van der Waals surface area contributed by atoms with E-state index < -0.39 is 0 Å². The van der Waals surface area contributed by atoms with Crippen molar-refractivity contribution >= 4 is 5.91 Å². The first-order valence-electron chi connectivity index (χ1n) is 5.86. The van der Waals surface area contributed by atoms with E-state index in [2.05, 4.69) is 6.92 Å². The summed E-state index contributed by atoms with van der Waals surface area (Å²) in [6.45, 7) is 10.0. The molecule has 3 nitrogen and oxygen atoms in total. The molecule has 1 rings (SSSR count). The van der Waals surface area contributed by atoms with Gasteiger partial charge < -0.3 is 10.6 Å². The first-order chi connectivity index (χ1) is 6.82. The summed E-state index contributed by atoms with van der Waals surface area (Å²) < 4.78 is 0. The Morgan fingerprint density at radius 3 is 2.20 bits per heavy atom. The number of carbonyl (C=O) groups is 1. The number of rotatable bonds is 1. The molecule has 0 aliphatic carbocycles. The van der Waals surface area contributed by atoms with E-state index in [0.717, 1.165) is 31.8 Å². The lowest BCUT2D eigenvalue weighted by Crippen LogP contribution is -2.52. The maximum Gasteiger partial charge on any atom is 0.240 e. The normalized spacial score (nSPS) is 21.5. The van der Waals surface area contributed by atoms with Gasteiger partial charge in [-0.15, -0.1) is 0 Å². The van der Waals surface area contributed by atoms with Crippen LogP contribution in [0.25, 0.3) is 0 Å². The first-order valence-corrected chi connectivity index (χ1v) is 5.86. The monoisotopic (exact) mass is 212 g/mol. The molecule has 0 aromatic rings. The Bertz CT molecular complexity index is 224. The average molecular weight is 212 g/mol.